The Morgan fingerprint density at radius 3 is 2.39 bits per heavy atom. The molecule has 1 aromatic rings. The molecule has 5 heteroatoms. The fourth-order valence-corrected chi connectivity index (χ4v) is 3.01. The van der Waals surface area contributed by atoms with E-state index < -0.39 is 11.6 Å². The Morgan fingerprint density at radius 1 is 1.17 bits per heavy atom. The van der Waals surface area contributed by atoms with E-state index in [1.54, 1.807) is 0 Å². The minimum absolute atomic E-state index is 0.215. The second kappa shape index (κ2) is 4.21. The molecule has 2 atom stereocenters. The molecule has 18 heavy (non-hydrogen) atoms. The van der Waals surface area contributed by atoms with E-state index in [0.29, 0.717) is 5.69 Å². The number of benzene rings is 1. The highest BCUT2D eigenvalue weighted by molar-refractivity contribution is 5.62. The maximum Gasteiger partial charge on any atom is 0.160 e. The summed E-state index contributed by atoms with van der Waals surface area (Å²) in [5, 5.41) is 12.4. The minimum atomic E-state index is -0.960. The van der Waals surface area contributed by atoms with Gasteiger partial charge < -0.3 is 10.2 Å². The zero-order chi connectivity index (χ0) is 12.7. The lowest BCUT2D eigenvalue weighted by molar-refractivity contribution is 0.478. The van der Waals surface area contributed by atoms with Crippen LogP contribution in [0.1, 0.15) is 18.4 Å². The van der Waals surface area contributed by atoms with Crippen molar-refractivity contribution in [2.45, 2.75) is 24.9 Å². The molecule has 0 radical (unpaired) electrons. The summed E-state index contributed by atoms with van der Waals surface area (Å²) < 4.78 is 26.6. The summed E-state index contributed by atoms with van der Waals surface area (Å²) in [5.41, 5.74) is 0.748. The first-order valence-corrected chi connectivity index (χ1v) is 6.09. The normalized spacial score (nSPS) is 26.2. The lowest BCUT2D eigenvalue weighted by Gasteiger charge is -2.37. The summed E-state index contributed by atoms with van der Waals surface area (Å²) in [7, 11) is 0. The first-order valence-electron chi connectivity index (χ1n) is 6.09. The molecule has 2 aliphatic heterocycles. The molecule has 3 nitrogen and oxygen atoms in total. The number of rotatable bonds is 1. The van der Waals surface area contributed by atoms with E-state index in [1.165, 1.54) is 0 Å². The Hall–Kier alpha value is -1.67. The van der Waals surface area contributed by atoms with Gasteiger partial charge in [-0.1, -0.05) is 0 Å². The van der Waals surface area contributed by atoms with Crippen molar-refractivity contribution in [1.82, 2.24) is 5.32 Å². The molecule has 3 rings (SSSR count). The Balaban J connectivity index is 2.07. The molecule has 2 heterocycles. The quantitative estimate of drug-likeness (QED) is 0.824. The highest BCUT2D eigenvalue weighted by Gasteiger charge is 2.37. The number of hydrogen-bond acceptors (Lipinski definition) is 3. The Morgan fingerprint density at radius 2 is 1.78 bits per heavy atom. The van der Waals surface area contributed by atoms with E-state index in [-0.39, 0.29) is 17.6 Å². The van der Waals surface area contributed by atoms with Gasteiger partial charge in [0.05, 0.1) is 11.3 Å². The molecule has 1 N–H and O–H groups in total. The Labute approximate surface area is 104 Å². The van der Waals surface area contributed by atoms with Gasteiger partial charge in [-0.25, -0.2) is 8.78 Å². The maximum absolute atomic E-state index is 13.4. The lowest BCUT2D eigenvalue weighted by Crippen LogP contribution is -2.52. The van der Waals surface area contributed by atoms with Gasteiger partial charge in [-0.15, -0.1) is 0 Å². The standard InChI is InChI=1S/C13H13F2N3/c14-11-3-8(5-16)13(4-12(11)15)18-9-1-2-10(18)7-17-6-9/h3-4,9-10,17H,1-2,6-7H2. The van der Waals surface area contributed by atoms with Gasteiger partial charge >= 0.3 is 0 Å². The van der Waals surface area contributed by atoms with Crippen LogP contribution in [0.15, 0.2) is 12.1 Å². The van der Waals surface area contributed by atoms with Crippen molar-refractivity contribution >= 4 is 5.69 Å². The highest BCUT2D eigenvalue weighted by Crippen LogP contribution is 2.35. The van der Waals surface area contributed by atoms with E-state index in [9.17, 15) is 8.78 Å². The van der Waals surface area contributed by atoms with E-state index in [0.717, 1.165) is 38.1 Å². The number of nitrogens with zero attached hydrogens (tertiary/aromatic N) is 2. The van der Waals surface area contributed by atoms with Crippen molar-refractivity contribution in [2.24, 2.45) is 0 Å². The van der Waals surface area contributed by atoms with Crippen LogP contribution in [-0.2, 0) is 0 Å². The SMILES string of the molecule is N#Cc1cc(F)c(F)cc1N1C2CCC1CNC2. The molecule has 0 aliphatic carbocycles. The predicted octanol–water partition coefficient (Wildman–Crippen LogP) is 1.78. The number of nitriles is 1. The lowest BCUT2D eigenvalue weighted by atomic mass is 10.1. The van der Waals surface area contributed by atoms with Gasteiger partial charge in [0.1, 0.15) is 6.07 Å². The predicted molar refractivity (Wildman–Crippen MR) is 63.2 cm³/mol. The van der Waals surface area contributed by atoms with Crippen molar-refractivity contribution in [3.8, 4) is 6.07 Å². The molecule has 2 bridgehead atoms. The van der Waals surface area contributed by atoms with Gasteiger partial charge in [0, 0.05) is 31.2 Å². The molecule has 2 aliphatic rings. The van der Waals surface area contributed by atoms with Gasteiger partial charge in [-0.05, 0) is 18.9 Å². The molecule has 0 amide bonds. The molecule has 1 aromatic carbocycles. The van der Waals surface area contributed by atoms with E-state index in [4.69, 9.17) is 5.26 Å². The molecular formula is C13H13F2N3. The van der Waals surface area contributed by atoms with Crippen molar-refractivity contribution in [1.29, 1.82) is 5.26 Å². The molecule has 0 spiro atoms. The number of anilines is 1. The number of nitrogens with one attached hydrogen (secondary N) is 1. The van der Waals surface area contributed by atoms with Crippen LogP contribution >= 0.6 is 0 Å². The molecule has 2 unspecified atom stereocenters. The molecule has 94 valence electrons. The zero-order valence-corrected chi connectivity index (χ0v) is 9.79. The Bertz CT molecular complexity index is 508. The molecule has 2 saturated heterocycles. The van der Waals surface area contributed by atoms with Gasteiger partial charge in [0.2, 0.25) is 0 Å². The number of hydrogen-bond donors (Lipinski definition) is 1. The molecule has 0 aromatic heterocycles. The van der Waals surface area contributed by atoms with Crippen LogP contribution in [0.2, 0.25) is 0 Å². The molecule has 2 fully saturated rings. The summed E-state index contributed by atoms with van der Waals surface area (Å²) in [6.45, 7) is 1.67. The molecular weight excluding hydrogens is 236 g/mol. The summed E-state index contributed by atoms with van der Waals surface area (Å²) in [6.07, 6.45) is 2.06. The van der Waals surface area contributed by atoms with Gasteiger partial charge in [-0.3, -0.25) is 0 Å². The van der Waals surface area contributed by atoms with Crippen molar-refractivity contribution in [2.75, 3.05) is 18.0 Å². The fraction of sp³-hybridized carbons (Fsp3) is 0.462. The first-order chi connectivity index (χ1) is 8.70. The number of piperazine rings is 1. The third kappa shape index (κ3) is 1.65. The largest absolute Gasteiger partial charge is 0.362 e. The Kier molecular flexibility index (Phi) is 2.67. The minimum Gasteiger partial charge on any atom is -0.362 e. The maximum atomic E-state index is 13.4. The first kappa shape index (κ1) is 11.4. The van der Waals surface area contributed by atoms with E-state index >= 15 is 0 Å². The van der Waals surface area contributed by atoms with E-state index in [2.05, 4.69) is 10.2 Å². The average Bonchev–Trinajstić information content (AvgIpc) is 2.61. The van der Waals surface area contributed by atoms with Crippen LogP contribution in [-0.4, -0.2) is 25.2 Å². The fourth-order valence-electron chi connectivity index (χ4n) is 3.01. The highest BCUT2D eigenvalue weighted by atomic mass is 19.2. The van der Waals surface area contributed by atoms with Crippen LogP contribution in [0, 0.1) is 23.0 Å². The summed E-state index contributed by atoms with van der Waals surface area (Å²) >= 11 is 0. The summed E-state index contributed by atoms with van der Waals surface area (Å²) in [6, 6.07) is 4.67. The van der Waals surface area contributed by atoms with Gasteiger partial charge in [0.15, 0.2) is 11.6 Å². The second-order valence-electron chi connectivity index (χ2n) is 4.85. The van der Waals surface area contributed by atoms with Crippen LogP contribution in [0.25, 0.3) is 0 Å². The smallest absolute Gasteiger partial charge is 0.160 e. The van der Waals surface area contributed by atoms with E-state index in [1.807, 2.05) is 6.07 Å². The van der Waals surface area contributed by atoms with Crippen LogP contribution in [0.5, 0.6) is 0 Å². The topological polar surface area (TPSA) is 39.1 Å². The molecule has 0 saturated carbocycles. The number of halogens is 2. The van der Waals surface area contributed by atoms with Crippen molar-refractivity contribution < 1.29 is 8.78 Å². The number of fused-ring (bicyclic) bond motifs is 2. The van der Waals surface area contributed by atoms with Crippen LogP contribution in [0.3, 0.4) is 0 Å². The summed E-state index contributed by atoms with van der Waals surface area (Å²) in [4.78, 5) is 2.08. The van der Waals surface area contributed by atoms with Crippen LogP contribution in [0.4, 0.5) is 14.5 Å². The van der Waals surface area contributed by atoms with Crippen molar-refractivity contribution in [3.63, 3.8) is 0 Å². The summed E-state index contributed by atoms with van der Waals surface area (Å²) in [5.74, 6) is -1.85. The van der Waals surface area contributed by atoms with Crippen molar-refractivity contribution in [3.05, 3.63) is 29.3 Å². The van der Waals surface area contributed by atoms with Gasteiger partial charge in [0.25, 0.3) is 0 Å². The van der Waals surface area contributed by atoms with Gasteiger partial charge in [-0.2, -0.15) is 5.26 Å². The third-order valence-electron chi connectivity index (χ3n) is 3.82. The van der Waals surface area contributed by atoms with Crippen LogP contribution < -0.4 is 10.2 Å². The third-order valence-corrected chi connectivity index (χ3v) is 3.82. The second-order valence-corrected chi connectivity index (χ2v) is 4.85. The zero-order valence-electron chi connectivity index (χ0n) is 9.79. The average molecular weight is 249 g/mol. The monoisotopic (exact) mass is 249 g/mol.